The van der Waals surface area contributed by atoms with Gasteiger partial charge in [-0.15, -0.1) is 5.10 Å². The van der Waals surface area contributed by atoms with Crippen LogP contribution in [0.4, 0.5) is 5.95 Å². The van der Waals surface area contributed by atoms with Gasteiger partial charge in [-0.3, -0.25) is 0 Å². The highest BCUT2D eigenvalue weighted by molar-refractivity contribution is 7.90. The lowest BCUT2D eigenvalue weighted by Gasteiger charge is -2.11. The summed E-state index contributed by atoms with van der Waals surface area (Å²) in [5.74, 6) is 0.565. The smallest absolute Gasteiger partial charge is 0.225 e. The number of fused-ring (bicyclic) bond motifs is 1. The Hall–Kier alpha value is -2.55. The van der Waals surface area contributed by atoms with Crippen molar-refractivity contribution < 1.29 is 8.42 Å². The molecule has 0 bridgehead atoms. The van der Waals surface area contributed by atoms with Gasteiger partial charge in [-0.05, 0) is 37.1 Å². The number of aromatic nitrogens is 5. The van der Waals surface area contributed by atoms with Crippen LogP contribution in [0.1, 0.15) is 25.7 Å². The summed E-state index contributed by atoms with van der Waals surface area (Å²) < 4.78 is 24.8. The minimum absolute atomic E-state index is 0.263. The Labute approximate surface area is 145 Å². The normalized spacial score (nSPS) is 15.7. The van der Waals surface area contributed by atoms with Crippen LogP contribution in [-0.4, -0.2) is 45.7 Å². The molecule has 2 heterocycles. The molecule has 25 heavy (non-hydrogen) atoms. The summed E-state index contributed by atoms with van der Waals surface area (Å²) in [7, 11) is -3.23. The molecule has 2 aromatic heterocycles. The van der Waals surface area contributed by atoms with Gasteiger partial charge in [-0.25, -0.2) is 13.4 Å². The molecule has 0 aliphatic heterocycles. The molecule has 9 heteroatoms. The van der Waals surface area contributed by atoms with Crippen LogP contribution in [0.5, 0.6) is 0 Å². The van der Waals surface area contributed by atoms with E-state index in [1.54, 1.807) is 35.1 Å². The lowest BCUT2D eigenvalue weighted by molar-refractivity contribution is 0.602. The van der Waals surface area contributed by atoms with Gasteiger partial charge >= 0.3 is 0 Å². The Kier molecular flexibility index (Phi) is 3.87. The van der Waals surface area contributed by atoms with E-state index in [4.69, 9.17) is 0 Å². The fourth-order valence-electron chi connectivity index (χ4n) is 3.06. The monoisotopic (exact) mass is 358 g/mol. The summed E-state index contributed by atoms with van der Waals surface area (Å²) >= 11 is 0. The van der Waals surface area contributed by atoms with Gasteiger partial charge in [0.1, 0.15) is 0 Å². The van der Waals surface area contributed by atoms with E-state index in [1.807, 2.05) is 0 Å². The van der Waals surface area contributed by atoms with Crippen LogP contribution in [0.25, 0.3) is 16.9 Å². The molecule has 1 aromatic carbocycles. The van der Waals surface area contributed by atoms with Crippen LogP contribution < -0.4 is 5.32 Å². The van der Waals surface area contributed by atoms with Crippen molar-refractivity contribution in [2.75, 3.05) is 11.6 Å². The zero-order chi connectivity index (χ0) is 17.4. The SMILES string of the molecule is CS(=O)(=O)c1ccc(-n2nnc3cnc(NC4CCCC4)nc32)cc1. The van der Waals surface area contributed by atoms with Crippen molar-refractivity contribution in [3.63, 3.8) is 0 Å². The summed E-state index contributed by atoms with van der Waals surface area (Å²) in [6, 6.07) is 6.90. The van der Waals surface area contributed by atoms with E-state index in [-0.39, 0.29) is 4.90 Å². The fraction of sp³-hybridized carbons (Fsp3) is 0.375. The van der Waals surface area contributed by atoms with E-state index in [1.165, 1.54) is 19.1 Å². The van der Waals surface area contributed by atoms with Crippen molar-refractivity contribution in [3.05, 3.63) is 30.5 Å². The average Bonchev–Trinajstić information content (AvgIpc) is 3.23. The number of anilines is 1. The van der Waals surface area contributed by atoms with Gasteiger partial charge in [-0.1, -0.05) is 18.1 Å². The molecule has 8 nitrogen and oxygen atoms in total. The minimum Gasteiger partial charge on any atom is -0.351 e. The first-order chi connectivity index (χ1) is 12.0. The van der Waals surface area contributed by atoms with Crippen molar-refractivity contribution in [2.24, 2.45) is 0 Å². The maximum Gasteiger partial charge on any atom is 0.225 e. The summed E-state index contributed by atoms with van der Waals surface area (Å²) in [6.45, 7) is 0. The molecule has 0 spiro atoms. The molecular formula is C16H18N6O2S. The molecule has 0 atom stereocenters. The second-order valence-electron chi connectivity index (χ2n) is 6.30. The number of nitrogens with zero attached hydrogens (tertiary/aromatic N) is 5. The number of hydrogen-bond acceptors (Lipinski definition) is 7. The van der Waals surface area contributed by atoms with E-state index in [0.717, 1.165) is 12.8 Å². The minimum atomic E-state index is -3.23. The Balaban J connectivity index is 1.69. The highest BCUT2D eigenvalue weighted by atomic mass is 32.2. The highest BCUT2D eigenvalue weighted by Gasteiger charge is 2.17. The van der Waals surface area contributed by atoms with E-state index in [0.29, 0.717) is 28.8 Å². The van der Waals surface area contributed by atoms with E-state index in [2.05, 4.69) is 25.6 Å². The number of hydrogen-bond donors (Lipinski definition) is 1. The second-order valence-corrected chi connectivity index (χ2v) is 8.31. The van der Waals surface area contributed by atoms with Crippen LogP contribution in [0.15, 0.2) is 35.4 Å². The summed E-state index contributed by atoms with van der Waals surface area (Å²) in [6.07, 6.45) is 7.55. The third-order valence-corrected chi connectivity index (χ3v) is 5.52. The van der Waals surface area contributed by atoms with E-state index >= 15 is 0 Å². The first-order valence-electron chi connectivity index (χ1n) is 8.16. The van der Waals surface area contributed by atoms with Crippen molar-refractivity contribution in [3.8, 4) is 5.69 Å². The van der Waals surface area contributed by atoms with Gasteiger partial charge in [0.25, 0.3) is 0 Å². The van der Waals surface area contributed by atoms with Crippen molar-refractivity contribution in [1.82, 2.24) is 25.0 Å². The predicted octanol–water partition coefficient (Wildman–Crippen LogP) is 1.97. The Morgan fingerprint density at radius 1 is 1.16 bits per heavy atom. The molecule has 1 aliphatic carbocycles. The third-order valence-electron chi connectivity index (χ3n) is 4.39. The Morgan fingerprint density at radius 3 is 2.56 bits per heavy atom. The molecule has 0 saturated heterocycles. The van der Waals surface area contributed by atoms with Crippen molar-refractivity contribution in [1.29, 1.82) is 0 Å². The first kappa shape index (κ1) is 15.9. The van der Waals surface area contributed by atoms with E-state index in [9.17, 15) is 8.42 Å². The summed E-state index contributed by atoms with van der Waals surface area (Å²) in [5, 5.41) is 11.6. The molecule has 0 radical (unpaired) electrons. The third kappa shape index (κ3) is 3.19. The summed E-state index contributed by atoms with van der Waals surface area (Å²) in [4.78, 5) is 9.11. The van der Waals surface area contributed by atoms with Crippen LogP contribution in [0.2, 0.25) is 0 Å². The van der Waals surface area contributed by atoms with Crippen molar-refractivity contribution in [2.45, 2.75) is 36.6 Å². The standard InChI is InChI=1S/C16H18N6O2S/c1-25(23,24)13-8-6-12(7-9-13)22-15-14(20-21-22)10-17-16(19-15)18-11-4-2-3-5-11/h6-11H,2-5H2,1H3,(H,17,18,19). The molecule has 1 saturated carbocycles. The largest absolute Gasteiger partial charge is 0.351 e. The number of rotatable bonds is 4. The highest BCUT2D eigenvalue weighted by Crippen LogP contribution is 2.22. The van der Waals surface area contributed by atoms with Crippen molar-refractivity contribution >= 4 is 26.9 Å². The van der Waals surface area contributed by atoms with Gasteiger partial charge < -0.3 is 5.32 Å². The topological polar surface area (TPSA) is 103 Å². The number of nitrogens with one attached hydrogen (secondary N) is 1. The number of benzene rings is 1. The van der Waals surface area contributed by atoms with Crippen LogP contribution in [0, 0.1) is 0 Å². The van der Waals surface area contributed by atoms with E-state index < -0.39 is 9.84 Å². The molecule has 1 aliphatic rings. The fourth-order valence-corrected chi connectivity index (χ4v) is 3.69. The summed E-state index contributed by atoms with van der Waals surface area (Å²) in [5.41, 5.74) is 1.87. The van der Waals surface area contributed by atoms with Crippen LogP contribution in [0.3, 0.4) is 0 Å². The molecule has 4 rings (SSSR count). The predicted molar refractivity (Wildman–Crippen MR) is 93.4 cm³/mol. The molecule has 0 unspecified atom stereocenters. The Bertz CT molecular complexity index is 1010. The van der Waals surface area contributed by atoms with Gasteiger partial charge in [-0.2, -0.15) is 9.67 Å². The lowest BCUT2D eigenvalue weighted by Crippen LogP contribution is -2.16. The Morgan fingerprint density at radius 2 is 1.88 bits per heavy atom. The first-order valence-corrected chi connectivity index (χ1v) is 10.1. The van der Waals surface area contributed by atoms with Gasteiger partial charge in [0.05, 0.1) is 16.8 Å². The van der Waals surface area contributed by atoms with Gasteiger partial charge in [0.2, 0.25) is 5.95 Å². The zero-order valence-electron chi connectivity index (χ0n) is 13.8. The maximum atomic E-state index is 11.6. The molecule has 1 N–H and O–H groups in total. The second kappa shape index (κ2) is 6.07. The average molecular weight is 358 g/mol. The molecule has 130 valence electrons. The molecule has 0 amide bonds. The maximum absolute atomic E-state index is 11.6. The van der Waals surface area contributed by atoms with Gasteiger partial charge in [0.15, 0.2) is 21.0 Å². The number of sulfone groups is 1. The van der Waals surface area contributed by atoms with Crippen LogP contribution >= 0.6 is 0 Å². The molecule has 1 fully saturated rings. The zero-order valence-corrected chi connectivity index (χ0v) is 14.6. The van der Waals surface area contributed by atoms with Gasteiger partial charge in [0, 0.05) is 12.3 Å². The molecule has 3 aromatic rings. The quantitative estimate of drug-likeness (QED) is 0.760. The lowest BCUT2D eigenvalue weighted by atomic mass is 10.2. The van der Waals surface area contributed by atoms with Crippen LogP contribution in [-0.2, 0) is 9.84 Å². The molecular weight excluding hydrogens is 340 g/mol.